The van der Waals surface area contributed by atoms with Crippen molar-refractivity contribution in [1.29, 1.82) is 0 Å². The third kappa shape index (κ3) is 3.38. The normalized spacial score (nSPS) is 11.9. The van der Waals surface area contributed by atoms with Gasteiger partial charge in [0.25, 0.3) is 5.91 Å². The molecule has 2 heterocycles. The van der Waals surface area contributed by atoms with Gasteiger partial charge in [-0.15, -0.1) is 0 Å². The lowest BCUT2D eigenvalue weighted by Crippen LogP contribution is -2.15. The summed E-state index contributed by atoms with van der Waals surface area (Å²) in [6.45, 7) is 0.201. The van der Waals surface area contributed by atoms with E-state index >= 15 is 0 Å². The summed E-state index contributed by atoms with van der Waals surface area (Å²) < 4.78 is 10.6. The zero-order chi connectivity index (χ0) is 17.9. The highest BCUT2D eigenvalue weighted by Gasteiger charge is 2.14. The Morgan fingerprint density at radius 2 is 1.92 bits per heavy atom. The van der Waals surface area contributed by atoms with Crippen molar-refractivity contribution in [2.24, 2.45) is 0 Å². The van der Waals surface area contributed by atoms with Crippen LogP contribution in [0.25, 0.3) is 0 Å². The van der Waals surface area contributed by atoms with Gasteiger partial charge in [0.05, 0.1) is 10.7 Å². The molecule has 8 heteroatoms. The Hall–Kier alpha value is -3.32. The molecule has 4 rings (SSSR count). The fourth-order valence-electron chi connectivity index (χ4n) is 2.40. The number of hydrogen-bond acceptors (Lipinski definition) is 6. The van der Waals surface area contributed by atoms with E-state index in [9.17, 15) is 4.79 Å². The van der Waals surface area contributed by atoms with Crippen LogP contribution in [0.3, 0.4) is 0 Å². The second-order valence-electron chi connectivity index (χ2n) is 5.39. The molecule has 1 aliphatic heterocycles. The molecule has 2 aromatic carbocycles. The van der Waals surface area contributed by atoms with E-state index < -0.39 is 0 Å². The molecule has 0 aliphatic carbocycles. The van der Waals surface area contributed by atoms with Crippen LogP contribution in [0.4, 0.5) is 17.3 Å². The molecule has 1 amide bonds. The Kier molecular flexibility index (Phi) is 4.28. The van der Waals surface area contributed by atoms with Gasteiger partial charge >= 0.3 is 0 Å². The van der Waals surface area contributed by atoms with Crippen molar-refractivity contribution < 1.29 is 14.3 Å². The summed E-state index contributed by atoms with van der Waals surface area (Å²) in [7, 11) is 0. The van der Waals surface area contributed by atoms with E-state index in [0.29, 0.717) is 22.2 Å². The molecule has 2 N–H and O–H groups in total. The van der Waals surface area contributed by atoms with Gasteiger partial charge in [-0.2, -0.15) is 0 Å². The van der Waals surface area contributed by atoms with Gasteiger partial charge < -0.3 is 20.1 Å². The first-order valence-electron chi connectivity index (χ1n) is 7.75. The number of rotatable bonds is 4. The van der Waals surface area contributed by atoms with Crippen molar-refractivity contribution in [3.63, 3.8) is 0 Å². The van der Waals surface area contributed by atoms with Crippen LogP contribution in [-0.4, -0.2) is 22.7 Å². The Labute approximate surface area is 154 Å². The van der Waals surface area contributed by atoms with Crippen LogP contribution in [0.1, 0.15) is 10.5 Å². The number of anilines is 3. The van der Waals surface area contributed by atoms with Crippen molar-refractivity contribution in [1.82, 2.24) is 9.97 Å². The zero-order valence-electron chi connectivity index (χ0n) is 13.4. The molecule has 0 atom stereocenters. The molecule has 3 aromatic rings. The van der Waals surface area contributed by atoms with E-state index in [2.05, 4.69) is 20.6 Å². The first-order valence-corrected chi connectivity index (χ1v) is 8.12. The molecular formula is C18H13ClN4O3. The number of nitrogens with one attached hydrogen (secondary N) is 2. The summed E-state index contributed by atoms with van der Waals surface area (Å²) in [4.78, 5) is 20.8. The van der Waals surface area contributed by atoms with E-state index in [1.807, 2.05) is 6.07 Å². The minimum atomic E-state index is -0.380. The SMILES string of the molecule is O=C(Nc1ccccc1Cl)c1ccnc(Nc2ccc3c(c2)OCO3)n1. The number of carbonyl (C=O) groups is 1. The Morgan fingerprint density at radius 3 is 2.81 bits per heavy atom. The number of fused-ring (bicyclic) bond motifs is 1. The third-order valence-corrected chi connectivity index (χ3v) is 3.97. The molecule has 130 valence electrons. The average molecular weight is 369 g/mol. The van der Waals surface area contributed by atoms with Crippen LogP contribution in [-0.2, 0) is 0 Å². The van der Waals surface area contributed by atoms with Crippen LogP contribution in [0.5, 0.6) is 11.5 Å². The number of amides is 1. The van der Waals surface area contributed by atoms with E-state index in [1.54, 1.807) is 36.4 Å². The van der Waals surface area contributed by atoms with E-state index in [1.165, 1.54) is 12.3 Å². The largest absolute Gasteiger partial charge is 0.454 e. The number of carbonyl (C=O) groups excluding carboxylic acids is 1. The second-order valence-corrected chi connectivity index (χ2v) is 5.80. The quantitative estimate of drug-likeness (QED) is 0.727. The average Bonchev–Trinajstić information content (AvgIpc) is 3.11. The number of hydrogen-bond donors (Lipinski definition) is 2. The fraction of sp³-hybridized carbons (Fsp3) is 0.0556. The first-order chi connectivity index (χ1) is 12.7. The van der Waals surface area contributed by atoms with Gasteiger partial charge in [0.1, 0.15) is 5.69 Å². The topological polar surface area (TPSA) is 85.4 Å². The summed E-state index contributed by atoms with van der Waals surface area (Å²) in [6.07, 6.45) is 1.50. The van der Waals surface area contributed by atoms with Gasteiger partial charge in [-0.3, -0.25) is 4.79 Å². The molecule has 26 heavy (non-hydrogen) atoms. The van der Waals surface area contributed by atoms with Crippen LogP contribution in [0, 0.1) is 0 Å². The molecule has 0 bridgehead atoms. The van der Waals surface area contributed by atoms with E-state index in [4.69, 9.17) is 21.1 Å². The number of benzene rings is 2. The summed E-state index contributed by atoms with van der Waals surface area (Å²) in [5.41, 5.74) is 1.45. The van der Waals surface area contributed by atoms with Crippen LogP contribution in [0.15, 0.2) is 54.7 Å². The number of aromatic nitrogens is 2. The van der Waals surface area contributed by atoms with Crippen LogP contribution in [0.2, 0.25) is 5.02 Å². The lowest BCUT2D eigenvalue weighted by molar-refractivity contribution is 0.102. The van der Waals surface area contributed by atoms with Crippen LogP contribution >= 0.6 is 11.6 Å². The minimum Gasteiger partial charge on any atom is -0.454 e. The third-order valence-electron chi connectivity index (χ3n) is 3.64. The van der Waals surface area contributed by atoms with Gasteiger partial charge in [0.15, 0.2) is 11.5 Å². The van der Waals surface area contributed by atoms with Crippen molar-refractivity contribution in [3.05, 3.63) is 65.4 Å². The van der Waals surface area contributed by atoms with Crippen molar-refractivity contribution in [2.45, 2.75) is 0 Å². The van der Waals surface area contributed by atoms with Crippen molar-refractivity contribution in [3.8, 4) is 11.5 Å². The minimum absolute atomic E-state index is 0.201. The van der Waals surface area contributed by atoms with Crippen molar-refractivity contribution in [2.75, 3.05) is 17.4 Å². The highest BCUT2D eigenvalue weighted by molar-refractivity contribution is 6.33. The predicted molar refractivity (Wildman–Crippen MR) is 97.3 cm³/mol. The van der Waals surface area contributed by atoms with Gasteiger partial charge in [0.2, 0.25) is 12.7 Å². The molecule has 7 nitrogen and oxygen atoms in total. The zero-order valence-corrected chi connectivity index (χ0v) is 14.2. The highest BCUT2D eigenvalue weighted by atomic mass is 35.5. The summed E-state index contributed by atoms with van der Waals surface area (Å²) in [6, 6.07) is 13.9. The maximum Gasteiger partial charge on any atom is 0.274 e. The monoisotopic (exact) mass is 368 g/mol. The Morgan fingerprint density at radius 1 is 1.08 bits per heavy atom. The summed E-state index contributed by atoms with van der Waals surface area (Å²) >= 11 is 6.06. The van der Waals surface area contributed by atoms with Gasteiger partial charge in [-0.1, -0.05) is 23.7 Å². The summed E-state index contributed by atoms with van der Waals surface area (Å²) in [5, 5.41) is 6.22. The van der Waals surface area contributed by atoms with Crippen LogP contribution < -0.4 is 20.1 Å². The maximum absolute atomic E-state index is 12.4. The standard InChI is InChI=1S/C18H13ClN4O3/c19-12-3-1-2-4-13(12)22-17(24)14-7-8-20-18(23-14)21-11-5-6-15-16(9-11)26-10-25-15/h1-9H,10H2,(H,22,24)(H,20,21,23). The Balaban J connectivity index is 1.51. The first kappa shape index (κ1) is 16.2. The molecule has 1 aliphatic rings. The number of ether oxygens (including phenoxy) is 2. The number of nitrogens with zero attached hydrogens (tertiary/aromatic N) is 2. The maximum atomic E-state index is 12.4. The molecule has 0 spiro atoms. The summed E-state index contributed by atoms with van der Waals surface area (Å²) in [5.74, 6) is 1.23. The smallest absolute Gasteiger partial charge is 0.274 e. The molecular weight excluding hydrogens is 356 g/mol. The van der Waals surface area contributed by atoms with Gasteiger partial charge in [0, 0.05) is 18.0 Å². The predicted octanol–water partition coefficient (Wildman–Crippen LogP) is 3.85. The van der Waals surface area contributed by atoms with Gasteiger partial charge in [-0.05, 0) is 30.3 Å². The van der Waals surface area contributed by atoms with E-state index in [0.717, 1.165) is 5.69 Å². The Bertz CT molecular complexity index is 980. The molecule has 0 radical (unpaired) electrons. The number of para-hydroxylation sites is 1. The molecule has 0 unspecified atom stereocenters. The van der Waals surface area contributed by atoms with Gasteiger partial charge in [-0.25, -0.2) is 9.97 Å². The molecule has 1 aromatic heterocycles. The lowest BCUT2D eigenvalue weighted by atomic mass is 10.3. The van der Waals surface area contributed by atoms with E-state index in [-0.39, 0.29) is 24.3 Å². The molecule has 0 fully saturated rings. The molecule has 0 saturated carbocycles. The second kappa shape index (κ2) is 6.89. The number of halogens is 1. The highest BCUT2D eigenvalue weighted by Crippen LogP contribution is 2.34. The lowest BCUT2D eigenvalue weighted by Gasteiger charge is -2.08. The fourth-order valence-corrected chi connectivity index (χ4v) is 2.58. The molecule has 0 saturated heterocycles. The van der Waals surface area contributed by atoms with Crippen molar-refractivity contribution >= 4 is 34.8 Å².